The summed E-state index contributed by atoms with van der Waals surface area (Å²) >= 11 is 0. The number of carbonyl (C=O) groups excluding carboxylic acids is 4. The lowest BCUT2D eigenvalue weighted by molar-refractivity contribution is -0.148. The van der Waals surface area contributed by atoms with E-state index in [9.17, 15) is 19.2 Å². The number of hydrogen-bond acceptors (Lipinski definition) is 5. The molecule has 9 heteroatoms. The van der Waals surface area contributed by atoms with E-state index in [1.807, 2.05) is 44.2 Å². The number of nitrogens with two attached hydrogens (primary N) is 1. The molecule has 0 aromatic heterocycles. The van der Waals surface area contributed by atoms with E-state index in [1.165, 1.54) is 44.3 Å². The molecule has 3 aromatic rings. The summed E-state index contributed by atoms with van der Waals surface area (Å²) in [6, 6.07) is 23.8. The van der Waals surface area contributed by atoms with E-state index in [4.69, 9.17) is 5.73 Å². The lowest BCUT2D eigenvalue weighted by Gasteiger charge is -2.31. The number of nitrogens with zero attached hydrogens (tertiary/aromatic N) is 3. The SMILES string of the molecule is CN(CC(=O)N(C)C(CCc1ccccc1)C(=O)N1CCC(=O)N1)C(=O)/C=C/CC(C)(C)N.Cc1ccc2ccccc2c1. The number of amides is 4. The largest absolute Gasteiger partial charge is 0.333 e. The van der Waals surface area contributed by atoms with Crippen molar-refractivity contribution in [3.8, 4) is 0 Å². The van der Waals surface area contributed by atoms with Crippen LogP contribution in [0.4, 0.5) is 0 Å². The van der Waals surface area contributed by atoms with Crippen molar-refractivity contribution in [1.82, 2.24) is 20.2 Å². The van der Waals surface area contributed by atoms with Gasteiger partial charge in [0, 0.05) is 26.1 Å². The molecular formula is C35H45N5O4. The molecule has 234 valence electrons. The average molecular weight is 600 g/mol. The molecule has 3 N–H and O–H groups in total. The molecule has 1 heterocycles. The second-order valence-electron chi connectivity index (χ2n) is 12.0. The smallest absolute Gasteiger partial charge is 0.263 e. The Bertz CT molecular complexity index is 1460. The molecule has 3 aromatic carbocycles. The van der Waals surface area contributed by atoms with Gasteiger partial charge in [0.2, 0.25) is 17.7 Å². The maximum atomic E-state index is 13.1. The number of benzene rings is 3. The zero-order chi connectivity index (χ0) is 32.3. The molecule has 1 aliphatic heterocycles. The summed E-state index contributed by atoms with van der Waals surface area (Å²) in [4.78, 5) is 52.7. The minimum absolute atomic E-state index is 0.173. The zero-order valence-corrected chi connectivity index (χ0v) is 26.5. The standard InChI is InChI=1S/C24H35N5O4.C11H10/c1-24(2,25)15-8-11-21(31)27(3)17-22(32)28(4)19(13-12-18-9-6-5-7-10-18)23(33)29-16-14-20(30)26-29;1-9-6-7-10-4-2-3-5-11(10)8-9/h5-11,19H,12-17,25H2,1-4H3,(H,26,30);2-8H,1H3/b11-8+;. The van der Waals surface area contributed by atoms with Gasteiger partial charge in [-0.2, -0.15) is 0 Å². The summed E-state index contributed by atoms with van der Waals surface area (Å²) in [6.45, 7) is 5.93. The Kier molecular flexibility index (Phi) is 12.2. The predicted octanol–water partition coefficient (Wildman–Crippen LogP) is 4.00. The second-order valence-corrected chi connectivity index (χ2v) is 12.0. The van der Waals surface area contributed by atoms with Gasteiger partial charge in [-0.15, -0.1) is 0 Å². The van der Waals surface area contributed by atoms with Gasteiger partial charge in [0.25, 0.3) is 5.91 Å². The van der Waals surface area contributed by atoms with Crippen molar-refractivity contribution in [2.75, 3.05) is 27.2 Å². The summed E-state index contributed by atoms with van der Waals surface area (Å²) in [7, 11) is 3.09. The van der Waals surface area contributed by atoms with Gasteiger partial charge in [-0.3, -0.25) is 29.6 Å². The van der Waals surface area contributed by atoms with Crippen LogP contribution in [0.2, 0.25) is 0 Å². The highest BCUT2D eigenvalue weighted by Gasteiger charge is 2.34. The first-order valence-electron chi connectivity index (χ1n) is 14.9. The lowest BCUT2D eigenvalue weighted by Crippen LogP contribution is -2.53. The van der Waals surface area contributed by atoms with Gasteiger partial charge in [0.15, 0.2) is 0 Å². The topological polar surface area (TPSA) is 116 Å². The third-order valence-electron chi connectivity index (χ3n) is 7.34. The second kappa shape index (κ2) is 15.8. The highest BCUT2D eigenvalue weighted by molar-refractivity contribution is 5.94. The van der Waals surface area contributed by atoms with Crippen LogP contribution in [0, 0.1) is 6.92 Å². The van der Waals surface area contributed by atoms with Crippen molar-refractivity contribution >= 4 is 34.4 Å². The van der Waals surface area contributed by atoms with Gasteiger partial charge < -0.3 is 15.5 Å². The number of hydrazine groups is 1. The normalized spacial score (nSPS) is 13.7. The van der Waals surface area contributed by atoms with Gasteiger partial charge in [0.1, 0.15) is 6.04 Å². The molecule has 4 rings (SSSR count). The van der Waals surface area contributed by atoms with Crippen LogP contribution in [-0.4, -0.2) is 77.2 Å². The van der Waals surface area contributed by atoms with Gasteiger partial charge >= 0.3 is 0 Å². The first kappa shape index (κ1) is 34.0. The summed E-state index contributed by atoms with van der Waals surface area (Å²) in [6.07, 6.45) is 4.83. The molecular weight excluding hydrogens is 554 g/mol. The Balaban J connectivity index is 0.000000397. The summed E-state index contributed by atoms with van der Waals surface area (Å²) in [5.74, 6) is -1.25. The maximum Gasteiger partial charge on any atom is 0.263 e. The van der Waals surface area contributed by atoms with Crippen LogP contribution in [0.5, 0.6) is 0 Å². The molecule has 1 unspecified atom stereocenters. The van der Waals surface area contributed by atoms with E-state index in [1.54, 1.807) is 13.1 Å². The predicted molar refractivity (Wildman–Crippen MR) is 174 cm³/mol. The van der Waals surface area contributed by atoms with Crippen LogP contribution < -0.4 is 11.2 Å². The molecule has 0 bridgehead atoms. The number of carbonyl (C=O) groups is 4. The fraction of sp³-hybridized carbons (Fsp3) is 0.371. The van der Waals surface area contributed by atoms with Gasteiger partial charge in [-0.1, -0.05) is 84.4 Å². The fourth-order valence-electron chi connectivity index (χ4n) is 4.72. The maximum absolute atomic E-state index is 13.1. The van der Waals surface area contributed by atoms with E-state index in [2.05, 4.69) is 54.8 Å². The Morgan fingerprint density at radius 2 is 1.66 bits per heavy atom. The van der Waals surface area contributed by atoms with E-state index in [0.29, 0.717) is 19.3 Å². The average Bonchev–Trinajstić information content (AvgIpc) is 3.43. The molecule has 9 nitrogen and oxygen atoms in total. The van der Waals surface area contributed by atoms with Crippen molar-refractivity contribution < 1.29 is 19.2 Å². The molecule has 1 aliphatic rings. The van der Waals surface area contributed by atoms with Crippen LogP contribution in [0.1, 0.15) is 44.2 Å². The van der Waals surface area contributed by atoms with Crippen molar-refractivity contribution in [2.24, 2.45) is 5.73 Å². The van der Waals surface area contributed by atoms with Crippen molar-refractivity contribution in [3.05, 3.63) is 96.1 Å². The lowest BCUT2D eigenvalue weighted by atomic mass is 10.0. The molecule has 0 spiro atoms. The molecule has 1 atom stereocenters. The highest BCUT2D eigenvalue weighted by Crippen LogP contribution is 2.15. The Hall–Kier alpha value is -4.50. The number of hydrogen-bond donors (Lipinski definition) is 2. The van der Waals surface area contributed by atoms with Crippen molar-refractivity contribution in [3.63, 3.8) is 0 Å². The van der Waals surface area contributed by atoms with Crippen LogP contribution in [0.25, 0.3) is 10.8 Å². The highest BCUT2D eigenvalue weighted by atomic mass is 16.2. The molecule has 0 radical (unpaired) electrons. The number of fused-ring (bicyclic) bond motifs is 1. The molecule has 1 saturated heterocycles. The van der Waals surface area contributed by atoms with Gasteiger partial charge in [-0.25, -0.2) is 0 Å². The number of likely N-dealkylation sites (N-methyl/N-ethyl adjacent to an activating group) is 2. The Morgan fingerprint density at radius 1 is 1.00 bits per heavy atom. The number of aryl methyl sites for hydroxylation is 2. The molecule has 0 saturated carbocycles. The van der Waals surface area contributed by atoms with Crippen LogP contribution in [-0.2, 0) is 25.6 Å². The molecule has 44 heavy (non-hydrogen) atoms. The monoisotopic (exact) mass is 599 g/mol. The third kappa shape index (κ3) is 10.6. The molecule has 0 aliphatic carbocycles. The van der Waals surface area contributed by atoms with Crippen molar-refractivity contribution in [2.45, 2.75) is 58.0 Å². The Morgan fingerprint density at radius 3 is 2.30 bits per heavy atom. The fourth-order valence-corrected chi connectivity index (χ4v) is 4.72. The van der Waals surface area contributed by atoms with E-state index < -0.39 is 11.6 Å². The number of rotatable bonds is 10. The van der Waals surface area contributed by atoms with E-state index in [0.717, 1.165) is 5.56 Å². The minimum Gasteiger partial charge on any atom is -0.333 e. The minimum atomic E-state index is -0.770. The molecule has 1 fully saturated rings. The van der Waals surface area contributed by atoms with Crippen molar-refractivity contribution in [1.29, 1.82) is 0 Å². The zero-order valence-electron chi connectivity index (χ0n) is 26.5. The van der Waals surface area contributed by atoms with Gasteiger partial charge in [0.05, 0.1) is 13.1 Å². The van der Waals surface area contributed by atoms with Crippen LogP contribution in [0.15, 0.2) is 84.9 Å². The van der Waals surface area contributed by atoms with Crippen LogP contribution in [0.3, 0.4) is 0 Å². The quantitative estimate of drug-likeness (QED) is 0.342. The van der Waals surface area contributed by atoms with E-state index in [-0.39, 0.29) is 43.1 Å². The van der Waals surface area contributed by atoms with Gasteiger partial charge in [-0.05, 0) is 62.4 Å². The summed E-state index contributed by atoms with van der Waals surface area (Å²) < 4.78 is 0. The first-order chi connectivity index (χ1) is 20.8. The number of nitrogens with one attached hydrogen (secondary N) is 1. The summed E-state index contributed by atoms with van der Waals surface area (Å²) in [5.41, 5.74) is 10.4. The van der Waals surface area contributed by atoms with Crippen LogP contribution >= 0.6 is 0 Å². The van der Waals surface area contributed by atoms with E-state index >= 15 is 0 Å². The Labute approximate surface area is 260 Å². The first-order valence-corrected chi connectivity index (χ1v) is 14.9. The molecule has 4 amide bonds. The third-order valence-corrected chi connectivity index (χ3v) is 7.34. The summed E-state index contributed by atoms with van der Waals surface area (Å²) in [5, 5.41) is 3.92.